The van der Waals surface area contributed by atoms with E-state index >= 15 is 0 Å². The third kappa shape index (κ3) is 4.05. The molecular weight excluding hydrogens is 338 g/mol. The van der Waals surface area contributed by atoms with Crippen molar-refractivity contribution >= 4 is 29.1 Å². The SMILES string of the molecule is O=C(NCc1ccc(C(F)(F)F)cc1)C1C=CC=CC1(Cl)Cl. The Hall–Kier alpha value is -1.46. The van der Waals surface area contributed by atoms with Crippen LogP contribution in [-0.4, -0.2) is 10.2 Å². The first-order valence-electron chi connectivity index (χ1n) is 6.38. The largest absolute Gasteiger partial charge is 0.416 e. The number of hydrogen-bond donors (Lipinski definition) is 1. The van der Waals surface area contributed by atoms with Gasteiger partial charge in [0, 0.05) is 6.54 Å². The van der Waals surface area contributed by atoms with Gasteiger partial charge in [0.1, 0.15) is 0 Å². The Morgan fingerprint density at radius 1 is 1.18 bits per heavy atom. The van der Waals surface area contributed by atoms with Gasteiger partial charge in [-0.2, -0.15) is 13.2 Å². The van der Waals surface area contributed by atoms with Crippen LogP contribution in [0.3, 0.4) is 0 Å². The topological polar surface area (TPSA) is 29.1 Å². The molecule has 1 amide bonds. The molecule has 0 heterocycles. The first kappa shape index (κ1) is 16.9. The fourth-order valence-electron chi connectivity index (χ4n) is 1.96. The number of carbonyl (C=O) groups is 1. The summed E-state index contributed by atoms with van der Waals surface area (Å²) in [5.41, 5.74) is -0.185. The number of hydrogen-bond acceptors (Lipinski definition) is 1. The van der Waals surface area contributed by atoms with Crippen LogP contribution in [0.25, 0.3) is 0 Å². The van der Waals surface area contributed by atoms with E-state index in [9.17, 15) is 18.0 Å². The van der Waals surface area contributed by atoms with Crippen LogP contribution in [0.15, 0.2) is 48.6 Å². The van der Waals surface area contributed by atoms with Crippen molar-refractivity contribution < 1.29 is 18.0 Å². The number of benzene rings is 1. The summed E-state index contributed by atoms with van der Waals surface area (Å²) in [5.74, 6) is -1.15. The minimum atomic E-state index is -4.38. The standard InChI is InChI=1S/C15H12Cl2F3NO/c16-14(17)8-2-1-3-12(14)13(22)21-9-10-4-6-11(7-5-10)15(18,19)20/h1-8,12H,9H2,(H,21,22). The van der Waals surface area contributed by atoms with Crippen molar-refractivity contribution in [3.63, 3.8) is 0 Å². The molecule has 118 valence electrons. The molecule has 7 heteroatoms. The number of allylic oxidation sites excluding steroid dienone is 3. The summed E-state index contributed by atoms with van der Waals surface area (Å²) in [5, 5.41) is 2.61. The Morgan fingerprint density at radius 3 is 2.36 bits per heavy atom. The van der Waals surface area contributed by atoms with Crippen LogP contribution in [0.4, 0.5) is 13.2 Å². The highest BCUT2D eigenvalue weighted by molar-refractivity contribution is 6.51. The number of alkyl halides is 5. The van der Waals surface area contributed by atoms with Gasteiger partial charge in [-0.05, 0) is 23.8 Å². The zero-order valence-corrected chi connectivity index (χ0v) is 12.7. The molecule has 0 aromatic heterocycles. The quantitative estimate of drug-likeness (QED) is 0.812. The molecule has 1 N–H and O–H groups in total. The zero-order chi connectivity index (χ0) is 16.4. The van der Waals surface area contributed by atoms with E-state index in [0.717, 1.165) is 12.1 Å². The lowest BCUT2D eigenvalue weighted by Crippen LogP contribution is -2.38. The molecule has 0 radical (unpaired) electrons. The summed E-state index contributed by atoms with van der Waals surface area (Å²) in [6.45, 7) is 0.0921. The van der Waals surface area contributed by atoms with Crippen LogP contribution in [0.5, 0.6) is 0 Å². The smallest absolute Gasteiger partial charge is 0.351 e. The number of nitrogens with one attached hydrogen (secondary N) is 1. The molecule has 0 saturated heterocycles. The molecule has 2 nitrogen and oxygen atoms in total. The van der Waals surface area contributed by atoms with Crippen LogP contribution in [0, 0.1) is 5.92 Å². The predicted molar refractivity (Wildman–Crippen MR) is 79.5 cm³/mol. The van der Waals surface area contributed by atoms with E-state index in [-0.39, 0.29) is 6.54 Å². The molecule has 0 aliphatic heterocycles. The predicted octanol–water partition coefficient (Wildman–Crippen LogP) is 4.24. The number of carbonyl (C=O) groups excluding carboxylic acids is 1. The maximum absolute atomic E-state index is 12.4. The first-order chi connectivity index (χ1) is 10.2. The van der Waals surface area contributed by atoms with Crippen molar-refractivity contribution in [3.05, 3.63) is 59.7 Å². The van der Waals surface area contributed by atoms with Crippen molar-refractivity contribution in [3.8, 4) is 0 Å². The van der Waals surface area contributed by atoms with Gasteiger partial charge in [0.15, 0.2) is 4.33 Å². The van der Waals surface area contributed by atoms with Gasteiger partial charge in [0.2, 0.25) is 5.91 Å². The second kappa shape index (κ2) is 6.34. The number of amides is 1. The summed E-state index contributed by atoms with van der Waals surface area (Å²) in [7, 11) is 0. The fourth-order valence-corrected chi connectivity index (χ4v) is 2.45. The molecule has 1 unspecified atom stereocenters. The van der Waals surface area contributed by atoms with Crippen LogP contribution in [0.2, 0.25) is 0 Å². The normalized spacial score (nSPS) is 20.0. The van der Waals surface area contributed by atoms with E-state index in [1.807, 2.05) is 0 Å². The number of rotatable bonds is 3. The Kier molecular flexibility index (Phi) is 4.87. The Bertz CT molecular complexity index is 606. The zero-order valence-electron chi connectivity index (χ0n) is 11.2. The van der Waals surface area contributed by atoms with Crippen LogP contribution >= 0.6 is 23.2 Å². The monoisotopic (exact) mass is 349 g/mol. The average Bonchev–Trinajstić information content (AvgIpc) is 2.44. The van der Waals surface area contributed by atoms with E-state index in [4.69, 9.17) is 23.2 Å². The summed E-state index contributed by atoms with van der Waals surface area (Å²) in [6.07, 6.45) is 1.99. The van der Waals surface area contributed by atoms with Crippen LogP contribution in [0.1, 0.15) is 11.1 Å². The van der Waals surface area contributed by atoms with Gasteiger partial charge in [0.25, 0.3) is 0 Å². The van der Waals surface area contributed by atoms with Gasteiger partial charge in [-0.25, -0.2) is 0 Å². The lowest BCUT2D eigenvalue weighted by Gasteiger charge is -2.25. The minimum absolute atomic E-state index is 0.0921. The molecule has 0 fully saturated rings. The third-order valence-corrected chi connectivity index (χ3v) is 3.90. The Balaban J connectivity index is 1.97. The highest BCUT2D eigenvalue weighted by Crippen LogP contribution is 2.35. The molecule has 0 bridgehead atoms. The molecule has 1 aromatic carbocycles. The van der Waals surface area contributed by atoms with E-state index in [0.29, 0.717) is 5.56 Å². The third-order valence-electron chi connectivity index (χ3n) is 3.18. The molecule has 2 rings (SSSR count). The Labute approximate surface area is 135 Å². The highest BCUT2D eigenvalue weighted by atomic mass is 35.5. The summed E-state index contributed by atoms with van der Waals surface area (Å²) < 4.78 is 36.0. The minimum Gasteiger partial charge on any atom is -0.351 e. The van der Waals surface area contributed by atoms with E-state index in [2.05, 4.69) is 5.32 Å². The van der Waals surface area contributed by atoms with Gasteiger partial charge < -0.3 is 5.32 Å². The van der Waals surface area contributed by atoms with E-state index in [1.54, 1.807) is 18.2 Å². The highest BCUT2D eigenvalue weighted by Gasteiger charge is 2.37. The van der Waals surface area contributed by atoms with Gasteiger partial charge in [-0.3, -0.25) is 4.79 Å². The molecule has 22 heavy (non-hydrogen) atoms. The summed E-state index contributed by atoms with van der Waals surface area (Å²) in [4.78, 5) is 12.1. The molecule has 1 aliphatic rings. The van der Waals surface area contributed by atoms with Gasteiger partial charge in [-0.1, -0.05) is 53.6 Å². The van der Waals surface area contributed by atoms with Gasteiger partial charge in [-0.15, -0.1) is 0 Å². The van der Waals surface area contributed by atoms with Crippen LogP contribution < -0.4 is 5.32 Å². The molecule has 1 aromatic rings. The van der Waals surface area contributed by atoms with E-state index in [1.165, 1.54) is 18.2 Å². The van der Waals surface area contributed by atoms with Crippen molar-refractivity contribution in [1.29, 1.82) is 0 Å². The van der Waals surface area contributed by atoms with Gasteiger partial charge >= 0.3 is 6.18 Å². The van der Waals surface area contributed by atoms with E-state index < -0.39 is 27.9 Å². The molecular formula is C15H12Cl2F3NO. The van der Waals surface area contributed by atoms with Crippen molar-refractivity contribution in [2.75, 3.05) is 0 Å². The molecule has 0 spiro atoms. The second-order valence-corrected chi connectivity index (χ2v) is 6.25. The Morgan fingerprint density at radius 2 is 1.82 bits per heavy atom. The lowest BCUT2D eigenvalue weighted by molar-refractivity contribution is -0.137. The average molecular weight is 350 g/mol. The van der Waals surface area contributed by atoms with Crippen molar-refractivity contribution in [2.24, 2.45) is 5.92 Å². The second-order valence-electron chi connectivity index (χ2n) is 4.81. The van der Waals surface area contributed by atoms with Gasteiger partial charge in [0.05, 0.1) is 11.5 Å². The van der Waals surface area contributed by atoms with Crippen molar-refractivity contribution in [2.45, 2.75) is 17.1 Å². The molecule has 1 atom stereocenters. The van der Waals surface area contributed by atoms with Crippen LogP contribution in [-0.2, 0) is 17.5 Å². The molecule has 0 saturated carbocycles. The summed E-state index contributed by atoms with van der Waals surface area (Å²) >= 11 is 12.1. The maximum Gasteiger partial charge on any atom is 0.416 e. The lowest BCUT2D eigenvalue weighted by atomic mass is 9.98. The first-order valence-corrected chi connectivity index (χ1v) is 7.13. The fraction of sp³-hybridized carbons (Fsp3) is 0.267. The number of halogens is 5. The van der Waals surface area contributed by atoms with Crippen molar-refractivity contribution in [1.82, 2.24) is 5.32 Å². The molecule has 1 aliphatic carbocycles. The summed E-state index contributed by atoms with van der Waals surface area (Å²) in [6, 6.07) is 4.57. The maximum atomic E-state index is 12.4.